The second-order valence-electron chi connectivity index (χ2n) is 10.4. The van der Waals surface area contributed by atoms with Crippen molar-refractivity contribution in [3.8, 4) is 17.2 Å². The topological polar surface area (TPSA) is 98.2 Å². The third-order valence-electron chi connectivity index (χ3n) is 7.37. The van der Waals surface area contributed by atoms with Crippen molar-refractivity contribution in [2.24, 2.45) is 0 Å². The summed E-state index contributed by atoms with van der Waals surface area (Å²) in [5.74, 6) is 0.247. The molecular formula is C33H36N2O6. The highest BCUT2D eigenvalue weighted by molar-refractivity contribution is 6.46. The number of nitrogens with zero attached hydrogens (tertiary/aromatic N) is 2. The summed E-state index contributed by atoms with van der Waals surface area (Å²) < 4.78 is 17.8. The van der Waals surface area contributed by atoms with Gasteiger partial charge in [0.05, 0.1) is 24.8 Å². The largest absolute Gasteiger partial charge is 0.507 e. The summed E-state index contributed by atoms with van der Waals surface area (Å²) in [7, 11) is 0. The minimum atomic E-state index is -0.841. The van der Waals surface area contributed by atoms with E-state index in [9.17, 15) is 14.7 Å². The van der Waals surface area contributed by atoms with Gasteiger partial charge in [0.15, 0.2) is 11.5 Å². The number of benzene rings is 2. The molecule has 1 aromatic heterocycles. The van der Waals surface area contributed by atoms with Crippen LogP contribution >= 0.6 is 0 Å². The van der Waals surface area contributed by atoms with E-state index in [-0.39, 0.29) is 24.0 Å². The lowest BCUT2D eigenvalue weighted by Crippen LogP contribution is -2.29. The van der Waals surface area contributed by atoms with Crippen LogP contribution < -0.4 is 14.2 Å². The van der Waals surface area contributed by atoms with Gasteiger partial charge in [0.2, 0.25) is 0 Å². The van der Waals surface area contributed by atoms with Gasteiger partial charge in [-0.15, -0.1) is 0 Å². The molecule has 1 amide bonds. The van der Waals surface area contributed by atoms with Gasteiger partial charge in [0.25, 0.3) is 11.7 Å². The van der Waals surface area contributed by atoms with E-state index >= 15 is 0 Å². The second kappa shape index (κ2) is 12.5. The van der Waals surface area contributed by atoms with Crippen LogP contribution in [0.3, 0.4) is 0 Å². The van der Waals surface area contributed by atoms with E-state index in [0.717, 1.165) is 36.1 Å². The number of amides is 1. The first-order valence-corrected chi connectivity index (χ1v) is 14.3. The molecule has 41 heavy (non-hydrogen) atoms. The predicted molar refractivity (Wildman–Crippen MR) is 155 cm³/mol. The Labute approximate surface area is 240 Å². The minimum Gasteiger partial charge on any atom is -0.507 e. The molecule has 5 rings (SSSR count). The number of aliphatic hydroxyl groups excluding tert-OH is 1. The predicted octanol–water partition coefficient (Wildman–Crippen LogP) is 5.99. The molecule has 214 valence electrons. The summed E-state index contributed by atoms with van der Waals surface area (Å²) in [5.41, 5.74) is 2.85. The maximum absolute atomic E-state index is 13.6. The number of hydrogen-bond donors (Lipinski definition) is 1. The molecule has 8 nitrogen and oxygen atoms in total. The fraction of sp³-hybridized carbons (Fsp3) is 0.364. The van der Waals surface area contributed by atoms with Crippen LogP contribution in [0.1, 0.15) is 68.3 Å². The zero-order chi connectivity index (χ0) is 28.9. The lowest BCUT2D eigenvalue weighted by Gasteiger charge is -2.26. The number of Topliss-reactive ketones (excluding diaryl/α,β-unsaturated/α-hetero) is 1. The Bertz CT molecular complexity index is 1450. The van der Waals surface area contributed by atoms with Crippen molar-refractivity contribution in [1.82, 2.24) is 9.88 Å². The minimum absolute atomic E-state index is 0.0323. The molecule has 8 heteroatoms. The molecule has 2 aliphatic heterocycles. The van der Waals surface area contributed by atoms with Gasteiger partial charge in [-0.2, -0.15) is 0 Å². The smallest absolute Gasteiger partial charge is 0.295 e. The number of hydrogen-bond acceptors (Lipinski definition) is 7. The summed E-state index contributed by atoms with van der Waals surface area (Å²) in [6.45, 7) is 7.14. The quantitative estimate of drug-likeness (QED) is 0.134. The average molecular weight is 557 g/mol. The second-order valence-corrected chi connectivity index (χ2v) is 10.4. The highest BCUT2D eigenvalue weighted by Crippen LogP contribution is 2.43. The number of aromatic nitrogens is 1. The highest BCUT2D eigenvalue weighted by atomic mass is 16.5. The number of ether oxygens (including phenoxy) is 3. The molecule has 3 aromatic rings. The van der Waals surface area contributed by atoms with Crippen LogP contribution in [0.25, 0.3) is 5.76 Å². The first kappa shape index (κ1) is 28.2. The summed E-state index contributed by atoms with van der Waals surface area (Å²) in [4.78, 5) is 32.7. The number of unbranched alkanes of at least 4 members (excludes halogenated alkanes) is 2. The Kier molecular flexibility index (Phi) is 8.57. The Morgan fingerprint density at radius 2 is 1.93 bits per heavy atom. The molecular weight excluding hydrogens is 520 g/mol. The third kappa shape index (κ3) is 5.92. The lowest BCUT2D eigenvalue weighted by molar-refractivity contribution is -0.140. The molecule has 2 atom stereocenters. The molecule has 1 fully saturated rings. The Balaban J connectivity index is 1.59. The van der Waals surface area contributed by atoms with Crippen LogP contribution in [0.2, 0.25) is 0 Å². The van der Waals surface area contributed by atoms with E-state index in [1.807, 2.05) is 38.1 Å². The molecule has 0 unspecified atom stereocenters. The standard InChI is InChI=1S/C33H36N2O6/c1-4-6-7-15-40-27-13-10-23(18-28(27)39-5-2)30-29(31(36)24-11-12-26-25(17-24)16-21(3)41-26)32(37)33(38)35(30)20-22-9-8-14-34-19-22/h8-14,17-19,21,30,36H,4-7,15-16,20H2,1-3H3/t21-,30-/m1/s1. The van der Waals surface area contributed by atoms with Crippen LogP contribution in [0.4, 0.5) is 0 Å². The Hall–Kier alpha value is -4.33. The number of pyridine rings is 1. The monoisotopic (exact) mass is 556 g/mol. The SMILES string of the molecule is CCCCCOc1ccc([C@@H]2C(=C(O)c3ccc4c(c3)C[C@@H](C)O4)C(=O)C(=O)N2Cc2cccnc2)cc1OCC. The molecule has 0 bridgehead atoms. The van der Waals surface area contributed by atoms with Crippen LogP contribution in [0, 0.1) is 0 Å². The van der Waals surface area contributed by atoms with Gasteiger partial charge in [-0.25, -0.2) is 0 Å². The maximum Gasteiger partial charge on any atom is 0.295 e. The third-order valence-corrected chi connectivity index (χ3v) is 7.37. The van der Waals surface area contributed by atoms with E-state index < -0.39 is 17.7 Å². The van der Waals surface area contributed by atoms with Gasteiger partial charge in [0, 0.05) is 30.9 Å². The number of ketones is 1. The molecule has 1 saturated heterocycles. The zero-order valence-corrected chi connectivity index (χ0v) is 23.8. The summed E-state index contributed by atoms with van der Waals surface area (Å²) in [5, 5.41) is 11.6. The lowest BCUT2D eigenvalue weighted by atomic mass is 9.94. The molecule has 3 heterocycles. The number of likely N-dealkylation sites (tertiary alicyclic amines) is 1. The van der Waals surface area contributed by atoms with Crippen LogP contribution in [0.5, 0.6) is 17.2 Å². The van der Waals surface area contributed by atoms with Crippen molar-refractivity contribution in [2.75, 3.05) is 13.2 Å². The molecule has 0 saturated carbocycles. The van der Waals surface area contributed by atoms with E-state index in [4.69, 9.17) is 14.2 Å². The van der Waals surface area contributed by atoms with Gasteiger partial charge in [-0.05, 0) is 73.4 Å². The number of carbonyl (C=O) groups is 2. The highest BCUT2D eigenvalue weighted by Gasteiger charge is 2.46. The van der Waals surface area contributed by atoms with Crippen molar-refractivity contribution in [3.05, 3.63) is 88.8 Å². The van der Waals surface area contributed by atoms with Gasteiger partial charge in [-0.3, -0.25) is 14.6 Å². The van der Waals surface area contributed by atoms with Crippen molar-refractivity contribution in [2.45, 2.75) is 65.1 Å². The van der Waals surface area contributed by atoms with Gasteiger partial charge in [0.1, 0.15) is 17.6 Å². The first-order valence-electron chi connectivity index (χ1n) is 14.3. The van der Waals surface area contributed by atoms with Gasteiger partial charge >= 0.3 is 0 Å². The van der Waals surface area contributed by atoms with E-state index in [0.29, 0.717) is 42.3 Å². The number of rotatable bonds is 11. The molecule has 2 aromatic carbocycles. The summed E-state index contributed by atoms with van der Waals surface area (Å²) in [6.07, 6.45) is 7.14. The van der Waals surface area contributed by atoms with Crippen molar-refractivity contribution in [1.29, 1.82) is 0 Å². The molecule has 2 aliphatic rings. The van der Waals surface area contributed by atoms with Gasteiger partial charge < -0.3 is 24.2 Å². The number of aliphatic hydroxyl groups is 1. The van der Waals surface area contributed by atoms with Gasteiger partial charge in [-0.1, -0.05) is 31.9 Å². The van der Waals surface area contributed by atoms with E-state index in [2.05, 4.69) is 11.9 Å². The Morgan fingerprint density at radius 3 is 2.68 bits per heavy atom. The zero-order valence-electron chi connectivity index (χ0n) is 23.8. The average Bonchev–Trinajstić information content (AvgIpc) is 3.47. The fourth-order valence-electron chi connectivity index (χ4n) is 5.42. The molecule has 1 N–H and O–H groups in total. The summed E-state index contributed by atoms with van der Waals surface area (Å²) in [6, 6.07) is 13.6. The number of fused-ring (bicyclic) bond motifs is 1. The van der Waals surface area contributed by atoms with E-state index in [1.54, 1.807) is 36.7 Å². The number of carbonyl (C=O) groups excluding carboxylic acids is 2. The van der Waals surface area contributed by atoms with Crippen molar-refractivity contribution in [3.63, 3.8) is 0 Å². The normalized spacial score (nSPS) is 19.2. The van der Waals surface area contributed by atoms with E-state index in [1.165, 1.54) is 4.90 Å². The molecule has 0 spiro atoms. The van der Waals surface area contributed by atoms with Crippen molar-refractivity contribution >= 4 is 17.4 Å². The first-order chi connectivity index (χ1) is 19.9. The molecule has 0 aliphatic carbocycles. The Morgan fingerprint density at radius 1 is 1.07 bits per heavy atom. The van der Waals surface area contributed by atoms with Crippen LogP contribution in [-0.4, -0.2) is 46.0 Å². The maximum atomic E-state index is 13.6. The van der Waals surface area contributed by atoms with Crippen molar-refractivity contribution < 1.29 is 28.9 Å². The molecule has 0 radical (unpaired) electrons. The fourth-order valence-corrected chi connectivity index (χ4v) is 5.42. The van der Waals surface area contributed by atoms with Crippen LogP contribution in [0.15, 0.2) is 66.5 Å². The van der Waals surface area contributed by atoms with Crippen LogP contribution in [-0.2, 0) is 22.6 Å². The summed E-state index contributed by atoms with van der Waals surface area (Å²) >= 11 is 0.